The van der Waals surface area contributed by atoms with E-state index in [2.05, 4.69) is 4.98 Å². The highest BCUT2D eigenvalue weighted by Gasteiger charge is 2.29. The van der Waals surface area contributed by atoms with E-state index in [0.29, 0.717) is 12.3 Å². The Labute approximate surface area is 88.6 Å². The van der Waals surface area contributed by atoms with Gasteiger partial charge in [-0.25, -0.2) is 4.79 Å². The van der Waals surface area contributed by atoms with E-state index in [1.165, 1.54) is 0 Å². The first kappa shape index (κ1) is 11.6. The molecule has 0 aromatic carbocycles. The average Bonchev–Trinajstić information content (AvgIpc) is 2.47. The summed E-state index contributed by atoms with van der Waals surface area (Å²) < 4.78 is 9.90. The van der Waals surface area contributed by atoms with E-state index in [0.717, 1.165) is 0 Å². The van der Waals surface area contributed by atoms with Crippen molar-refractivity contribution < 1.29 is 13.9 Å². The van der Waals surface area contributed by atoms with Crippen LogP contribution in [0.15, 0.2) is 4.42 Å². The molecule has 5 heteroatoms. The Bertz CT molecular complexity index is 363. The number of nitrogens with zero attached hydrogens (tertiary/aromatic N) is 1. The Kier molecular flexibility index (Phi) is 3.02. The highest BCUT2D eigenvalue weighted by atomic mass is 16.5. The lowest BCUT2D eigenvalue weighted by Gasteiger charge is -2.15. The molecule has 0 unspecified atom stereocenters. The molecule has 0 aliphatic heterocycles. The van der Waals surface area contributed by atoms with Gasteiger partial charge in [-0.2, -0.15) is 4.98 Å². The lowest BCUT2D eigenvalue weighted by molar-refractivity contribution is 0.0487. The molecule has 2 N–H and O–H groups in total. The fraction of sp³-hybridized carbons (Fsp3) is 0.600. The van der Waals surface area contributed by atoms with Crippen LogP contribution in [0.5, 0.6) is 0 Å². The number of rotatable bonds is 2. The summed E-state index contributed by atoms with van der Waals surface area (Å²) in [5.74, 6) is -0.423. The number of nitrogen functional groups attached to an aromatic ring is 1. The predicted octanol–water partition coefficient (Wildman–Crippen LogP) is 1.73. The summed E-state index contributed by atoms with van der Waals surface area (Å²) in [4.78, 5) is 15.5. The van der Waals surface area contributed by atoms with Gasteiger partial charge >= 0.3 is 5.97 Å². The zero-order valence-electron chi connectivity index (χ0n) is 9.46. The van der Waals surface area contributed by atoms with Crippen LogP contribution in [0.4, 0.5) is 6.01 Å². The minimum Gasteiger partial charge on any atom is -0.460 e. The number of hydrogen-bond acceptors (Lipinski definition) is 5. The van der Waals surface area contributed by atoms with Crippen molar-refractivity contribution in [1.29, 1.82) is 0 Å². The summed E-state index contributed by atoms with van der Waals surface area (Å²) in [5.41, 5.74) is 5.65. The Balaban J connectivity index is 3.12. The first-order chi connectivity index (χ1) is 6.86. The molecule has 0 saturated heterocycles. The molecule has 84 valence electrons. The van der Waals surface area contributed by atoms with Gasteiger partial charge in [0.15, 0.2) is 0 Å². The molecule has 0 aliphatic rings. The summed E-state index contributed by atoms with van der Waals surface area (Å²) in [6.45, 7) is 7.80. The molecule has 0 atom stereocenters. The molecule has 0 amide bonds. The smallest absolute Gasteiger partial charge is 0.376 e. The number of oxazole rings is 1. The van der Waals surface area contributed by atoms with Crippen LogP contribution in [-0.4, -0.2) is 17.6 Å². The van der Waals surface area contributed by atoms with Gasteiger partial charge in [0.25, 0.3) is 6.01 Å². The van der Waals surface area contributed by atoms with Crippen LogP contribution in [0.2, 0.25) is 0 Å². The third-order valence-corrected chi connectivity index (χ3v) is 1.81. The summed E-state index contributed by atoms with van der Waals surface area (Å²) in [6, 6.07) is -0.0111. The number of esters is 1. The SMILES string of the molecule is CCOC(=O)c1oc(N)nc1C(C)(C)C. The maximum Gasteiger partial charge on any atom is 0.376 e. The largest absolute Gasteiger partial charge is 0.460 e. The molecule has 1 rings (SSSR count). The monoisotopic (exact) mass is 212 g/mol. The summed E-state index contributed by atoms with van der Waals surface area (Å²) in [5, 5.41) is 0. The van der Waals surface area contributed by atoms with Crippen LogP contribution >= 0.6 is 0 Å². The Hall–Kier alpha value is -1.52. The maximum absolute atomic E-state index is 11.5. The normalized spacial score (nSPS) is 11.5. The molecule has 0 saturated carbocycles. The van der Waals surface area contributed by atoms with Crippen LogP contribution in [0.1, 0.15) is 43.9 Å². The number of nitrogens with two attached hydrogens (primary N) is 1. The van der Waals surface area contributed by atoms with Gasteiger partial charge in [0.2, 0.25) is 5.76 Å². The molecule has 1 heterocycles. The first-order valence-corrected chi connectivity index (χ1v) is 4.80. The standard InChI is InChI=1S/C10H16N2O3/c1-5-14-8(13)6-7(10(2,3)4)12-9(11)15-6/h5H2,1-4H3,(H2,11,12). The molecule has 5 nitrogen and oxygen atoms in total. The van der Waals surface area contributed by atoms with E-state index in [1.807, 2.05) is 20.8 Å². The number of hydrogen-bond donors (Lipinski definition) is 1. The van der Waals surface area contributed by atoms with Crippen LogP contribution in [0.25, 0.3) is 0 Å². The number of carbonyl (C=O) groups excluding carboxylic acids is 1. The van der Waals surface area contributed by atoms with Crippen molar-refractivity contribution in [2.24, 2.45) is 0 Å². The summed E-state index contributed by atoms with van der Waals surface area (Å²) in [7, 11) is 0. The zero-order valence-corrected chi connectivity index (χ0v) is 9.46. The van der Waals surface area contributed by atoms with E-state index in [1.54, 1.807) is 6.92 Å². The van der Waals surface area contributed by atoms with Crippen molar-refractivity contribution in [2.45, 2.75) is 33.1 Å². The van der Waals surface area contributed by atoms with Gasteiger partial charge in [0.1, 0.15) is 5.69 Å². The summed E-state index contributed by atoms with van der Waals surface area (Å²) in [6.07, 6.45) is 0. The van der Waals surface area contributed by atoms with Crippen molar-refractivity contribution in [3.05, 3.63) is 11.5 Å². The molecule has 0 bridgehead atoms. The predicted molar refractivity (Wildman–Crippen MR) is 55.6 cm³/mol. The van der Waals surface area contributed by atoms with E-state index in [4.69, 9.17) is 14.9 Å². The van der Waals surface area contributed by atoms with Crippen molar-refractivity contribution in [3.8, 4) is 0 Å². The third kappa shape index (κ3) is 2.49. The minimum atomic E-state index is -0.522. The second-order valence-corrected chi connectivity index (χ2v) is 4.20. The number of anilines is 1. The fourth-order valence-corrected chi connectivity index (χ4v) is 1.18. The fourth-order valence-electron chi connectivity index (χ4n) is 1.18. The minimum absolute atomic E-state index is 0.0111. The van der Waals surface area contributed by atoms with Gasteiger partial charge in [0.05, 0.1) is 6.61 Å². The molecular formula is C10H16N2O3. The van der Waals surface area contributed by atoms with Gasteiger partial charge in [-0.3, -0.25) is 0 Å². The van der Waals surface area contributed by atoms with E-state index in [9.17, 15) is 4.79 Å². The molecule has 0 spiro atoms. The topological polar surface area (TPSA) is 78.3 Å². The molecule has 1 aromatic rings. The molecule has 0 fully saturated rings. The van der Waals surface area contributed by atoms with Gasteiger partial charge in [-0.1, -0.05) is 20.8 Å². The Morgan fingerprint density at radius 1 is 1.53 bits per heavy atom. The van der Waals surface area contributed by atoms with Crippen LogP contribution in [0, 0.1) is 0 Å². The van der Waals surface area contributed by atoms with E-state index >= 15 is 0 Å². The average molecular weight is 212 g/mol. The van der Waals surface area contributed by atoms with E-state index in [-0.39, 0.29) is 17.2 Å². The van der Waals surface area contributed by atoms with Crippen LogP contribution in [0.3, 0.4) is 0 Å². The molecule has 0 aliphatic carbocycles. The second-order valence-electron chi connectivity index (χ2n) is 4.20. The molecular weight excluding hydrogens is 196 g/mol. The zero-order chi connectivity index (χ0) is 11.6. The Morgan fingerprint density at radius 3 is 2.60 bits per heavy atom. The van der Waals surface area contributed by atoms with Crippen LogP contribution < -0.4 is 5.73 Å². The third-order valence-electron chi connectivity index (χ3n) is 1.81. The molecule has 1 aromatic heterocycles. The van der Waals surface area contributed by atoms with Crippen molar-refractivity contribution in [1.82, 2.24) is 4.98 Å². The quantitative estimate of drug-likeness (QED) is 0.755. The Morgan fingerprint density at radius 2 is 2.13 bits per heavy atom. The van der Waals surface area contributed by atoms with Crippen molar-refractivity contribution in [2.75, 3.05) is 12.3 Å². The number of aromatic nitrogens is 1. The van der Waals surface area contributed by atoms with Crippen molar-refractivity contribution in [3.63, 3.8) is 0 Å². The number of carbonyl (C=O) groups is 1. The molecule has 15 heavy (non-hydrogen) atoms. The van der Waals surface area contributed by atoms with Crippen molar-refractivity contribution >= 4 is 12.0 Å². The van der Waals surface area contributed by atoms with Gasteiger partial charge in [-0.05, 0) is 6.92 Å². The van der Waals surface area contributed by atoms with Gasteiger partial charge < -0.3 is 14.9 Å². The van der Waals surface area contributed by atoms with Gasteiger partial charge in [-0.15, -0.1) is 0 Å². The first-order valence-electron chi connectivity index (χ1n) is 4.80. The highest BCUT2D eigenvalue weighted by molar-refractivity contribution is 5.88. The van der Waals surface area contributed by atoms with E-state index < -0.39 is 5.97 Å². The van der Waals surface area contributed by atoms with Crippen LogP contribution in [-0.2, 0) is 10.2 Å². The second kappa shape index (κ2) is 3.92. The summed E-state index contributed by atoms with van der Waals surface area (Å²) >= 11 is 0. The number of ether oxygens (including phenoxy) is 1. The maximum atomic E-state index is 11.5. The lowest BCUT2D eigenvalue weighted by Crippen LogP contribution is -2.17. The lowest BCUT2D eigenvalue weighted by atomic mass is 9.91. The van der Waals surface area contributed by atoms with Gasteiger partial charge in [0, 0.05) is 5.41 Å². The molecule has 0 radical (unpaired) electrons. The highest BCUT2D eigenvalue weighted by Crippen LogP contribution is 2.27.